The van der Waals surface area contributed by atoms with E-state index in [9.17, 15) is 10.1 Å². The minimum Gasteiger partial charge on any atom is -0.382 e. The van der Waals surface area contributed by atoms with Gasteiger partial charge in [-0.15, -0.1) is 0 Å². The second kappa shape index (κ2) is 7.83. The first-order valence-electron chi connectivity index (χ1n) is 7.84. The Labute approximate surface area is 169 Å². The van der Waals surface area contributed by atoms with Crippen LogP contribution in [0.3, 0.4) is 0 Å². The smallest absolute Gasteiger partial charge is 0.311 e. The van der Waals surface area contributed by atoms with Gasteiger partial charge in [0.05, 0.1) is 27.9 Å². The predicted molar refractivity (Wildman–Crippen MR) is 109 cm³/mol. The number of halogens is 2. The number of nitro groups is 1. The van der Waals surface area contributed by atoms with E-state index in [0.29, 0.717) is 32.8 Å². The monoisotopic (exact) mass is 418 g/mol. The molecule has 5 N–H and O–H groups in total. The Morgan fingerprint density at radius 2 is 1.89 bits per heavy atom. The highest BCUT2D eigenvalue weighted by Crippen LogP contribution is 2.32. The first-order valence-corrected chi connectivity index (χ1v) is 8.60. The highest BCUT2D eigenvalue weighted by atomic mass is 35.5. The fourth-order valence-electron chi connectivity index (χ4n) is 2.41. The van der Waals surface area contributed by atoms with E-state index in [1.165, 1.54) is 18.3 Å². The molecule has 0 bridgehead atoms. The van der Waals surface area contributed by atoms with Crippen molar-refractivity contribution in [2.75, 3.05) is 16.8 Å². The van der Waals surface area contributed by atoms with Crippen molar-refractivity contribution >= 4 is 46.3 Å². The summed E-state index contributed by atoms with van der Waals surface area (Å²) in [5.74, 6) is 0.282. The molecule has 1 atom stereocenters. The minimum atomic E-state index is -0.610. The van der Waals surface area contributed by atoms with Crippen molar-refractivity contribution in [3.05, 3.63) is 69.3 Å². The fourth-order valence-corrected chi connectivity index (χ4v) is 2.91. The summed E-state index contributed by atoms with van der Waals surface area (Å²) in [6.45, 7) is 3.97. The lowest BCUT2D eigenvalue weighted by Crippen LogP contribution is -2.13. The molecule has 3 rings (SSSR count). The maximum absolute atomic E-state index is 10.8. The van der Waals surface area contributed by atoms with Gasteiger partial charge in [-0.1, -0.05) is 23.2 Å². The van der Waals surface area contributed by atoms with Gasteiger partial charge in [0.1, 0.15) is 17.3 Å². The number of anilines is 3. The van der Waals surface area contributed by atoms with Crippen LogP contribution in [0.15, 0.2) is 36.5 Å². The van der Waals surface area contributed by atoms with Crippen molar-refractivity contribution in [3.8, 4) is 11.3 Å². The lowest BCUT2D eigenvalue weighted by Gasteiger charge is -2.16. The Bertz CT molecular complexity index is 1060. The average Bonchev–Trinajstić information content (AvgIpc) is 2.62. The molecule has 1 radical (unpaired) electrons. The summed E-state index contributed by atoms with van der Waals surface area (Å²) < 4.78 is 0. The third-order valence-electron chi connectivity index (χ3n) is 3.78. The first-order chi connectivity index (χ1) is 13.3. The summed E-state index contributed by atoms with van der Waals surface area (Å²) in [6.07, 6.45) is 1.46. The number of hydrogen-bond acceptors (Lipinski definition) is 8. The Hall–Kier alpha value is -3.17. The number of nitrogens with zero attached hydrogens (tertiary/aromatic N) is 4. The van der Waals surface area contributed by atoms with E-state index in [1.807, 2.05) is 0 Å². The van der Waals surface area contributed by atoms with Crippen LogP contribution in [-0.2, 0) is 0 Å². The van der Waals surface area contributed by atoms with Crippen LogP contribution in [0.25, 0.3) is 11.3 Å². The molecule has 143 valence electrons. The Morgan fingerprint density at radius 1 is 1.14 bits per heavy atom. The van der Waals surface area contributed by atoms with Crippen LogP contribution in [0.1, 0.15) is 11.7 Å². The highest BCUT2D eigenvalue weighted by molar-refractivity contribution is 6.36. The molecule has 0 fully saturated rings. The van der Waals surface area contributed by atoms with Gasteiger partial charge in [0.15, 0.2) is 0 Å². The van der Waals surface area contributed by atoms with Crippen molar-refractivity contribution in [1.82, 2.24) is 15.0 Å². The zero-order valence-corrected chi connectivity index (χ0v) is 15.8. The highest BCUT2D eigenvalue weighted by Gasteiger charge is 2.17. The molecular formula is C17H14Cl2N7O2. The second-order valence-corrected chi connectivity index (χ2v) is 6.55. The van der Waals surface area contributed by atoms with Crippen molar-refractivity contribution in [1.29, 1.82) is 0 Å². The van der Waals surface area contributed by atoms with Gasteiger partial charge >= 0.3 is 5.69 Å². The van der Waals surface area contributed by atoms with Gasteiger partial charge in [-0.25, -0.2) is 15.0 Å². The lowest BCUT2D eigenvalue weighted by atomic mass is 10.1. The van der Waals surface area contributed by atoms with Gasteiger partial charge in [0.2, 0.25) is 5.82 Å². The van der Waals surface area contributed by atoms with Gasteiger partial charge in [0, 0.05) is 16.7 Å². The molecule has 2 aromatic heterocycles. The minimum absolute atomic E-state index is 0.192. The third-order valence-corrected chi connectivity index (χ3v) is 4.33. The van der Waals surface area contributed by atoms with E-state index in [-0.39, 0.29) is 17.3 Å². The number of nitrogen functional groups attached to an aromatic ring is 2. The summed E-state index contributed by atoms with van der Waals surface area (Å²) in [5, 5.41) is 14.7. The molecule has 0 aliphatic carbocycles. The fraction of sp³-hybridized carbons (Fsp3) is 0.0588. The van der Waals surface area contributed by atoms with Crippen molar-refractivity contribution in [2.24, 2.45) is 0 Å². The van der Waals surface area contributed by atoms with Crippen LogP contribution in [0.5, 0.6) is 0 Å². The second-order valence-electron chi connectivity index (χ2n) is 5.71. The summed E-state index contributed by atoms with van der Waals surface area (Å²) in [7, 11) is 0. The SMILES string of the molecule is [CH2]C(Nc1ccc([N+](=O)[O-])c(N)n1)c1cnc(N)c(-c2ccc(Cl)cc2Cl)n1. The maximum Gasteiger partial charge on any atom is 0.311 e. The largest absolute Gasteiger partial charge is 0.382 e. The molecule has 3 aromatic rings. The average molecular weight is 419 g/mol. The Morgan fingerprint density at radius 3 is 2.54 bits per heavy atom. The van der Waals surface area contributed by atoms with E-state index < -0.39 is 11.0 Å². The standard InChI is InChI=1S/C17H14Cl2N7O2/c1-8(23-14-5-4-13(26(27)28)16(20)25-14)12-7-22-17(21)15(24-12)10-3-2-9(18)6-11(10)19/h2-8H,1H2,(H2,21,22)(H3,20,23,25). The summed E-state index contributed by atoms with van der Waals surface area (Å²) in [4.78, 5) is 22.8. The van der Waals surface area contributed by atoms with Crippen molar-refractivity contribution in [2.45, 2.75) is 6.04 Å². The molecule has 9 nitrogen and oxygen atoms in total. The van der Waals surface area contributed by atoms with Crippen LogP contribution < -0.4 is 16.8 Å². The summed E-state index contributed by atoms with van der Waals surface area (Å²) in [6, 6.07) is 7.03. The van der Waals surface area contributed by atoms with Crippen LogP contribution in [0.2, 0.25) is 10.0 Å². The molecule has 0 spiro atoms. The van der Waals surface area contributed by atoms with Crippen LogP contribution in [-0.4, -0.2) is 19.9 Å². The molecule has 0 aliphatic heterocycles. The van der Waals surface area contributed by atoms with Gasteiger partial charge < -0.3 is 16.8 Å². The van der Waals surface area contributed by atoms with Crippen molar-refractivity contribution < 1.29 is 4.92 Å². The summed E-state index contributed by atoms with van der Waals surface area (Å²) >= 11 is 12.2. The van der Waals surface area contributed by atoms with E-state index in [0.717, 1.165) is 0 Å². The molecule has 0 saturated carbocycles. The Kier molecular flexibility index (Phi) is 5.48. The lowest BCUT2D eigenvalue weighted by molar-refractivity contribution is -0.384. The molecule has 11 heteroatoms. The molecule has 28 heavy (non-hydrogen) atoms. The maximum atomic E-state index is 10.8. The number of aromatic nitrogens is 3. The van der Waals surface area contributed by atoms with Gasteiger partial charge in [0.25, 0.3) is 0 Å². The van der Waals surface area contributed by atoms with Crippen LogP contribution in [0, 0.1) is 17.0 Å². The van der Waals surface area contributed by atoms with Gasteiger partial charge in [-0.3, -0.25) is 10.1 Å². The number of nitrogens with two attached hydrogens (primary N) is 2. The van der Waals surface area contributed by atoms with Gasteiger partial charge in [-0.2, -0.15) is 0 Å². The Balaban J connectivity index is 1.90. The number of benzene rings is 1. The van der Waals surface area contributed by atoms with E-state index in [4.69, 9.17) is 34.7 Å². The van der Waals surface area contributed by atoms with E-state index >= 15 is 0 Å². The molecule has 0 aliphatic rings. The molecular weight excluding hydrogens is 405 g/mol. The normalized spacial score (nSPS) is 11.8. The first kappa shape index (κ1) is 19.6. The molecule has 1 aromatic carbocycles. The van der Waals surface area contributed by atoms with Crippen LogP contribution >= 0.6 is 23.2 Å². The predicted octanol–water partition coefficient (Wildman–Crippen LogP) is 3.91. The van der Waals surface area contributed by atoms with Gasteiger partial charge in [-0.05, 0) is 31.2 Å². The topological polar surface area (TPSA) is 146 Å². The molecule has 0 saturated heterocycles. The zero-order chi connectivity index (χ0) is 20.4. The number of hydrogen-bond donors (Lipinski definition) is 3. The quantitative estimate of drug-likeness (QED) is 0.417. The third kappa shape index (κ3) is 4.05. The zero-order valence-electron chi connectivity index (χ0n) is 14.3. The van der Waals surface area contributed by atoms with E-state index in [1.54, 1.807) is 18.2 Å². The van der Waals surface area contributed by atoms with E-state index in [2.05, 4.69) is 27.2 Å². The molecule has 0 amide bonds. The summed E-state index contributed by atoms with van der Waals surface area (Å²) in [5.41, 5.74) is 12.7. The van der Waals surface area contributed by atoms with Crippen LogP contribution in [0.4, 0.5) is 23.1 Å². The number of pyridine rings is 1. The molecule has 2 heterocycles. The molecule has 1 unspecified atom stereocenters. The number of nitrogens with one attached hydrogen (secondary N) is 1. The number of rotatable bonds is 5. The van der Waals surface area contributed by atoms with Crippen molar-refractivity contribution in [3.63, 3.8) is 0 Å².